The lowest BCUT2D eigenvalue weighted by molar-refractivity contribution is 0.0376. The van der Waals surface area contributed by atoms with E-state index in [0.717, 1.165) is 21.2 Å². The molecule has 0 N–H and O–H groups in total. The molecule has 0 radical (unpaired) electrons. The van der Waals surface area contributed by atoms with Gasteiger partial charge in [0.05, 0.1) is 11.1 Å². The summed E-state index contributed by atoms with van der Waals surface area (Å²) in [5, 5.41) is 3.44. The van der Waals surface area contributed by atoms with Gasteiger partial charge in [-0.15, -0.1) is 11.3 Å². The summed E-state index contributed by atoms with van der Waals surface area (Å²) >= 11 is 7.71. The number of hydrogen-bond acceptors (Lipinski definition) is 4. The molecule has 1 saturated heterocycles. The van der Waals surface area contributed by atoms with Crippen LogP contribution in [0.25, 0.3) is 10.1 Å². The number of pyridine rings is 1. The molecule has 7 heteroatoms. The number of carbonyl (C=O) groups is 2. The highest BCUT2D eigenvalue weighted by molar-refractivity contribution is 7.17. The van der Waals surface area contributed by atoms with Crippen LogP contribution in [0.1, 0.15) is 31.8 Å². The summed E-state index contributed by atoms with van der Waals surface area (Å²) in [5.41, 5.74) is 1.75. The predicted molar refractivity (Wildman–Crippen MR) is 120 cm³/mol. The smallest absolute Gasteiger partial charge is 0.257 e. The summed E-state index contributed by atoms with van der Waals surface area (Å²) in [6.07, 6.45) is 3.33. The number of carbonyl (C=O) groups excluding carboxylic acids is 2. The first-order valence-corrected chi connectivity index (χ1v) is 11.2. The molecule has 1 unspecified atom stereocenters. The molecular formula is C24H16ClN3O2S. The maximum atomic E-state index is 14.0. The van der Waals surface area contributed by atoms with Crippen molar-refractivity contribution in [2.24, 2.45) is 0 Å². The van der Waals surface area contributed by atoms with Gasteiger partial charge in [-0.05, 0) is 24.3 Å². The SMILES string of the molecule is O=C1c2ccncc2C2(c3ccc(Cl)cc3)N1CCN2C(=O)c1csc2ccccc12. The van der Waals surface area contributed by atoms with Crippen LogP contribution in [0.5, 0.6) is 0 Å². The second-order valence-electron chi connectivity index (χ2n) is 7.66. The van der Waals surface area contributed by atoms with Crippen LogP contribution in [0.3, 0.4) is 0 Å². The molecule has 4 heterocycles. The fourth-order valence-electron chi connectivity index (χ4n) is 4.90. The number of aromatic nitrogens is 1. The third-order valence-electron chi connectivity index (χ3n) is 6.20. The fourth-order valence-corrected chi connectivity index (χ4v) is 5.96. The number of rotatable bonds is 2. The summed E-state index contributed by atoms with van der Waals surface area (Å²) in [7, 11) is 0. The number of amides is 2. The fraction of sp³-hybridized carbons (Fsp3) is 0.125. The van der Waals surface area contributed by atoms with Crippen molar-refractivity contribution in [1.29, 1.82) is 0 Å². The highest BCUT2D eigenvalue weighted by atomic mass is 35.5. The van der Waals surface area contributed by atoms with Crippen molar-refractivity contribution in [2.45, 2.75) is 5.66 Å². The van der Waals surface area contributed by atoms with Gasteiger partial charge in [0.15, 0.2) is 5.66 Å². The zero-order valence-electron chi connectivity index (χ0n) is 16.3. The van der Waals surface area contributed by atoms with Crippen molar-refractivity contribution < 1.29 is 9.59 Å². The second-order valence-corrected chi connectivity index (χ2v) is 9.01. The summed E-state index contributed by atoms with van der Waals surface area (Å²) in [4.78, 5) is 35.2. The molecule has 4 aromatic rings. The standard InChI is InChI=1S/C24H16ClN3O2S/c25-16-7-5-15(6-8-16)24-20-13-26-10-9-18(20)22(29)27(24)11-12-28(24)23(30)19-14-31-21-4-2-1-3-17(19)21/h1-10,13-14H,11-12H2. The molecule has 0 spiro atoms. The van der Waals surface area contributed by atoms with Crippen LogP contribution in [0.4, 0.5) is 0 Å². The molecular weight excluding hydrogens is 430 g/mol. The maximum Gasteiger partial charge on any atom is 0.257 e. The van der Waals surface area contributed by atoms with Crippen LogP contribution in [0.2, 0.25) is 5.02 Å². The van der Waals surface area contributed by atoms with Gasteiger partial charge in [-0.3, -0.25) is 14.6 Å². The molecule has 31 heavy (non-hydrogen) atoms. The molecule has 5 nitrogen and oxygen atoms in total. The van der Waals surface area contributed by atoms with Gasteiger partial charge < -0.3 is 9.80 Å². The first-order valence-electron chi connectivity index (χ1n) is 9.93. The summed E-state index contributed by atoms with van der Waals surface area (Å²) in [5.74, 6) is -0.183. The minimum absolute atomic E-state index is 0.0853. The van der Waals surface area contributed by atoms with Crippen molar-refractivity contribution in [3.63, 3.8) is 0 Å². The molecule has 1 atom stereocenters. The van der Waals surface area contributed by atoms with E-state index in [9.17, 15) is 9.59 Å². The van der Waals surface area contributed by atoms with Crippen molar-refractivity contribution in [2.75, 3.05) is 13.1 Å². The number of hydrogen-bond donors (Lipinski definition) is 0. The lowest BCUT2D eigenvalue weighted by Gasteiger charge is -2.40. The number of benzene rings is 2. The van der Waals surface area contributed by atoms with Crippen LogP contribution in [0.15, 0.2) is 72.4 Å². The van der Waals surface area contributed by atoms with E-state index in [1.165, 1.54) is 0 Å². The Morgan fingerprint density at radius 3 is 2.71 bits per heavy atom. The van der Waals surface area contributed by atoms with Gasteiger partial charge in [-0.25, -0.2) is 0 Å². The van der Waals surface area contributed by atoms with Crippen LogP contribution < -0.4 is 0 Å². The highest BCUT2D eigenvalue weighted by Crippen LogP contribution is 2.50. The Morgan fingerprint density at radius 1 is 1.06 bits per heavy atom. The highest BCUT2D eigenvalue weighted by Gasteiger charge is 2.60. The summed E-state index contributed by atoms with van der Waals surface area (Å²) in [6.45, 7) is 0.885. The minimum atomic E-state index is -1.04. The molecule has 2 aromatic carbocycles. The van der Waals surface area contributed by atoms with E-state index in [4.69, 9.17) is 11.6 Å². The van der Waals surface area contributed by atoms with E-state index in [-0.39, 0.29) is 11.8 Å². The second kappa shape index (κ2) is 6.64. The molecule has 1 fully saturated rings. The van der Waals surface area contributed by atoms with Gasteiger partial charge in [0.2, 0.25) is 0 Å². The third-order valence-corrected chi connectivity index (χ3v) is 7.42. The largest absolute Gasteiger partial charge is 0.306 e. The summed E-state index contributed by atoms with van der Waals surface area (Å²) < 4.78 is 1.06. The molecule has 2 aliphatic rings. The molecule has 0 aliphatic carbocycles. The number of fused-ring (bicyclic) bond motifs is 4. The average Bonchev–Trinajstić information content (AvgIpc) is 3.47. The molecule has 2 amide bonds. The van der Waals surface area contributed by atoms with Gasteiger partial charge in [0, 0.05) is 57.1 Å². The van der Waals surface area contributed by atoms with E-state index < -0.39 is 5.66 Å². The third kappa shape index (κ3) is 2.40. The minimum Gasteiger partial charge on any atom is -0.306 e. The predicted octanol–water partition coefficient (Wildman–Crippen LogP) is 4.76. The number of thiophene rings is 1. The van der Waals surface area contributed by atoms with Gasteiger partial charge in [0.25, 0.3) is 11.8 Å². The topological polar surface area (TPSA) is 53.5 Å². The molecule has 0 bridgehead atoms. The van der Waals surface area contributed by atoms with Crippen LogP contribution in [0, 0.1) is 0 Å². The molecule has 6 rings (SSSR count). The van der Waals surface area contributed by atoms with Crippen molar-refractivity contribution in [1.82, 2.24) is 14.8 Å². The monoisotopic (exact) mass is 445 g/mol. The molecule has 2 aliphatic heterocycles. The first kappa shape index (κ1) is 18.5. The van der Waals surface area contributed by atoms with Crippen LogP contribution in [-0.2, 0) is 5.66 Å². The Balaban J connectivity index is 1.60. The van der Waals surface area contributed by atoms with Crippen LogP contribution >= 0.6 is 22.9 Å². The first-order chi connectivity index (χ1) is 15.1. The van der Waals surface area contributed by atoms with Crippen molar-refractivity contribution >= 4 is 44.8 Å². The summed E-state index contributed by atoms with van der Waals surface area (Å²) in [6, 6.07) is 17.0. The Bertz CT molecular complexity index is 1370. The maximum absolute atomic E-state index is 14.0. The van der Waals surface area contributed by atoms with Crippen molar-refractivity contribution in [3.05, 3.63) is 99.6 Å². The lowest BCUT2D eigenvalue weighted by atomic mass is 9.90. The van der Waals surface area contributed by atoms with E-state index in [0.29, 0.717) is 29.2 Å². The number of halogens is 1. The Hall–Kier alpha value is -3.22. The van der Waals surface area contributed by atoms with Gasteiger partial charge in [0.1, 0.15) is 0 Å². The Morgan fingerprint density at radius 2 is 1.87 bits per heavy atom. The molecule has 0 saturated carbocycles. The quantitative estimate of drug-likeness (QED) is 0.447. The Kier molecular flexibility index (Phi) is 3.97. The van der Waals surface area contributed by atoms with Gasteiger partial charge in [-0.1, -0.05) is 41.9 Å². The van der Waals surface area contributed by atoms with E-state index >= 15 is 0 Å². The molecule has 152 valence electrons. The van der Waals surface area contributed by atoms with Gasteiger partial charge in [-0.2, -0.15) is 0 Å². The van der Waals surface area contributed by atoms with E-state index in [1.807, 2.05) is 46.7 Å². The normalized spacial score (nSPS) is 19.7. The Labute approximate surface area is 187 Å². The zero-order valence-corrected chi connectivity index (χ0v) is 17.9. The average molecular weight is 446 g/mol. The van der Waals surface area contributed by atoms with E-state index in [2.05, 4.69) is 4.98 Å². The number of nitrogens with zero attached hydrogens (tertiary/aromatic N) is 3. The zero-order chi connectivity index (χ0) is 21.2. The van der Waals surface area contributed by atoms with Crippen LogP contribution in [-0.4, -0.2) is 39.7 Å². The molecule has 2 aromatic heterocycles. The van der Waals surface area contributed by atoms with Gasteiger partial charge >= 0.3 is 0 Å². The lowest BCUT2D eigenvalue weighted by Crippen LogP contribution is -2.51. The van der Waals surface area contributed by atoms with E-state index in [1.54, 1.807) is 46.8 Å². The van der Waals surface area contributed by atoms with Crippen molar-refractivity contribution in [3.8, 4) is 0 Å².